The Morgan fingerprint density at radius 1 is 1.63 bits per heavy atom. The first-order chi connectivity index (χ1) is 9.00. The highest BCUT2D eigenvalue weighted by atomic mass is 16.4. The SMILES string of the molecule is CN(CC1CCCN1C)C(=O)c1nc[nH]c1C(=O)O. The average molecular weight is 266 g/mol. The number of carbonyl (C=O) groups is 2. The number of hydrogen-bond donors (Lipinski definition) is 2. The largest absolute Gasteiger partial charge is 0.477 e. The van der Waals surface area contributed by atoms with Crippen LogP contribution in [0.5, 0.6) is 0 Å². The van der Waals surface area contributed by atoms with Gasteiger partial charge < -0.3 is 19.9 Å². The molecular weight excluding hydrogens is 248 g/mol. The summed E-state index contributed by atoms with van der Waals surface area (Å²) in [4.78, 5) is 33.2. The number of rotatable bonds is 4. The van der Waals surface area contributed by atoms with Crippen LogP contribution in [0.2, 0.25) is 0 Å². The lowest BCUT2D eigenvalue weighted by molar-refractivity contribution is 0.0670. The molecule has 0 saturated carbocycles. The van der Waals surface area contributed by atoms with Crippen LogP contribution in [-0.4, -0.2) is 70.0 Å². The van der Waals surface area contributed by atoms with E-state index < -0.39 is 5.97 Å². The van der Waals surface area contributed by atoms with E-state index in [0.29, 0.717) is 12.6 Å². The predicted octanol–water partition coefficient (Wildman–Crippen LogP) is 0.274. The van der Waals surface area contributed by atoms with Crippen molar-refractivity contribution in [1.29, 1.82) is 0 Å². The number of carboxylic acids is 1. The second kappa shape index (κ2) is 5.40. The van der Waals surface area contributed by atoms with Crippen LogP contribution in [0.3, 0.4) is 0 Å². The average Bonchev–Trinajstić information content (AvgIpc) is 2.98. The van der Waals surface area contributed by atoms with Gasteiger partial charge >= 0.3 is 5.97 Å². The summed E-state index contributed by atoms with van der Waals surface area (Å²) in [5, 5.41) is 8.96. The third-order valence-corrected chi connectivity index (χ3v) is 3.56. The van der Waals surface area contributed by atoms with Crippen molar-refractivity contribution < 1.29 is 14.7 Å². The Labute approximate surface area is 111 Å². The number of H-pyrrole nitrogens is 1. The Morgan fingerprint density at radius 3 is 2.95 bits per heavy atom. The van der Waals surface area contributed by atoms with Gasteiger partial charge in [-0.3, -0.25) is 4.79 Å². The van der Waals surface area contributed by atoms with Crippen LogP contribution in [0.4, 0.5) is 0 Å². The monoisotopic (exact) mass is 266 g/mol. The Kier molecular flexibility index (Phi) is 3.84. The van der Waals surface area contributed by atoms with Gasteiger partial charge in [-0.15, -0.1) is 0 Å². The molecule has 1 amide bonds. The highest BCUT2D eigenvalue weighted by molar-refractivity contribution is 6.02. The van der Waals surface area contributed by atoms with E-state index in [0.717, 1.165) is 19.4 Å². The molecule has 0 bridgehead atoms. The molecule has 1 fully saturated rings. The van der Waals surface area contributed by atoms with E-state index in [1.54, 1.807) is 7.05 Å². The van der Waals surface area contributed by atoms with Gasteiger partial charge in [0.1, 0.15) is 0 Å². The number of likely N-dealkylation sites (N-methyl/N-ethyl adjacent to an activating group) is 2. The number of aromatic carboxylic acids is 1. The number of nitrogens with zero attached hydrogens (tertiary/aromatic N) is 3. The van der Waals surface area contributed by atoms with E-state index in [1.165, 1.54) is 11.2 Å². The highest BCUT2D eigenvalue weighted by Gasteiger charge is 2.27. The fourth-order valence-corrected chi connectivity index (χ4v) is 2.41. The molecule has 1 unspecified atom stereocenters. The quantitative estimate of drug-likeness (QED) is 0.816. The number of nitrogens with one attached hydrogen (secondary N) is 1. The minimum Gasteiger partial charge on any atom is -0.477 e. The van der Waals surface area contributed by atoms with Crippen LogP contribution in [0, 0.1) is 0 Å². The summed E-state index contributed by atoms with van der Waals surface area (Å²) in [5.74, 6) is -1.54. The summed E-state index contributed by atoms with van der Waals surface area (Å²) >= 11 is 0. The molecule has 2 heterocycles. The lowest BCUT2D eigenvalue weighted by atomic mass is 10.2. The second-order valence-electron chi connectivity index (χ2n) is 4.89. The summed E-state index contributed by atoms with van der Waals surface area (Å²) in [6, 6.07) is 0.334. The molecule has 7 nitrogen and oxygen atoms in total. The summed E-state index contributed by atoms with van der Waals surface area (Å²) in [7, 11) is 3.71. The zero-order valence-electron chi connectivity index (χ0n) is 11.1. The molecule has 104 valence electrons. The van der Waals surface area contributed by atoms with Crippen LogP contribution < -0.4 is 0 Å². The Hall–Kier alpha value is -1.89. The van der Waals surface area contributed by atoms with Crippen molar-refractivity contribution in [2.75, 3.05) is 27.2 Å². The van der Waals surface area contributed by atoms with Gasteiger partial charge in [0.15, 0.2) is 11.4 Å². The molecule has 1 aromatic heterocycles. The molecule has 1 aliphatic rings. The maximum absolute atomic E-state index is 12.2. The van der Waals surface area contributed by atoms with Crippen LogP contribution in [0.1, 0.15) is 33.8 Å². The third kappa shape index (κ3) is 2.76. The summed E-state index contributed by atoms with van der Waals surface area (Å²) in [6.07, 6.45) is 3.42. The maximum Gasteiger partial charge on any atom is 0.354 e. The van der Waals surface area contributed by atoms with Crippen LogP contribution in [0.15, 0.2) is 6.33 Å². The Bertz CT molecular complexity index is 485. The highest BCUT2D eigenvalue weighted by Crippen LogP contribution is 2.16. The number of carboxylic acid groups (broad SMARTS) is 1. The number of aromatic nitrogens is 2. The molecular formula is C12H18N4O3. The molecule has 2 rings (SSSR count). The van der Waals surface area contributed by atoms with Crippen molar-refractivity contribution in [2.24, 2.45) is 0 Å². The smallest absolute Gasteiger partial charge is 0.354 e. The molecule has 1 atom stereocenters. The van der Waals surface area contributed by atoms with Crippen molar-refractivity contribution in [2.45, 2.75) is 18.9 Å². The number of amides is 1. The number of aromatic amines is 1. The first-order valence-electron chi connectivity index (χ1n) is 6.23. The van der Waals surface area contributed by atoms with E-state index in [2.05, 4.69) is 14.9 Å². The predicted molar refractivity (Wildman–Crippen MR) is 68.2 cm³/mol. The van der Waals surface area contributed by atoms with E-state index in [1.807, 2.05) is 7.05 Å². The maximum atomic E-state index is 12.2. The lowest BCUT2D eigenvalue weighted by Crippen LogP contribution is -2.40. The molecule has 2 N–H and O–H groups in total. The van der Waals surface area contributed by atoms with Gasteiger partial charge in [-0.25, -0.2) is 9.78 Å². The van der Waals surface area contributed by atoms with Gasteiger partial charge in [-0.1, -0.05) is 0 Å². The zero-order chi connectivity index (χ0) is 14.0. The van der Waals surface area contributed by atoms with Crippen LogP contribution in [-0.2, 0) is 0 Å². The molecule has 0 radical (unpaired) electrons. The van der Waals surface area contributed by atoms with Gasteiger partial charge in [-0.2, -0.15) is 0 Å². The first kappa shape index (κ1) is 13.5. The van der Waals surface area contributed by atoms with E-state index in [-0.39, 0.29) is 17.3 Å². The number of carbonyl (C=O) groups excluding carboxylic acids is 1. The molecule has 1 aromatic rings. The normalized spacial score (nSPS) is 19.6. The number of imidazole rings is 1. The van der Waals surface area contributed by atoms with Gasteiger partial charge in [0.2, 0.25) is 0 Å². The van der Waals surface area contributed by atoms with Crippen molar-refractivity contribution in [3.05, 3.63) is 17.7 Å². The van der Waals surface area contributed by atoms with Crippen molar-refractivity contribution >= 4 is 11.9 Å². The lowest BCUT2D eigenvalue weighted by Gasteiger charge is -2.25. The molecule has 1 aliphatic heterocycles. The molecule has 19 heavy (non-hydrogen) atoms. The molecule has 0 aromatic carbocycles. The van der Waals surface area contributed by atoms with Gasteiger partial charge in [0.05, 0.1) is 6.33 Å². The Balaban J connectivity index is 2.06. The minimum atomic E-state index is -1.17. The number of hydrogen-bond acceptors (Lipinski definition) is 4. The van der Waals surface area contributed by atoms with Crippen molar-refractivity contribution in [3.63, 3.8) is 0 Å². The first-order valence-corrected chi connectivity index (χ1v) is 6.23. The van der Waals surface area contributed by atoms with Crippen molar-refractivity contribution in [3.8, 4) is 0 Å². The molecule has 7 heteroatoms. The summed E-state index contributed by atoms with van der Waals surface area (Å²) in [6.45, 7) is 1.62. The fourth-order valence-electron chi connectivity index (χ4n) is 2.41. The van der Waals surface area contributed by atoms with Gasteiger partial charge in [0.25, 0.3) is 5.91 Å². The topological polar surface area (TPSA) is 89.5 Å². The van der Waals surface area contributed by atoms with Crippen LogP contribution in [0.25, 0.3) is 0 Å². The fraction of sp³-hybridized carbons (Fsp3) is 0.583. The Morgan fingerprint density at radius 2 is 2.37 bits per heavy atom. The second-order valence-corrected chi connectivity index (χ2v) is 4.89. The van der Waals surface area contributed by atoms with Crippen LogP contribution >= 0.6 is 0 Å². The van der Waals surface area contributed by atoms with E-state index in [9.17, 15) is 9.59 Å². The molecule has 1 saturated heterocycles. The van der Waals surface area contributed by atoms with E-state index in [4.69, 9.17) is 5.11 Å². The van der Waals surface area contributed by atoms with Gasteiger partial charge in [-0.05, 0) is 26.4 Å². The van der Waals surface area contributed by atoms with Gasteiger partial charge in [0, 0.05) is 19.6 Å². The third-order valence-electron chi connectivity index (χ3n) is 3.56. The minimum absolute atomic E-state index is 0.0318. The number of likely N-dealkylation sites (tertiary alicyclic amines) is 1. The zero-order valence-corrected chi connectivity index (χ0v) is 11.1. The van der Waals surface area contributed by atoms with Crippen molar-refractivity contribution in [1.82, 2.24) is 19.8 Å². The van der Waals surface area contributed by atoms with E-state index >= 15 is 0 Å². The summed E-state index contributed by atoms with van der Waals surface area (Å²) in [5.41, 5.74) is -0.188. The molecule has 0 spiro atoms. The standard InChI is InChI=1S/C12H18N4O3/c1-15-5-3-4-8(15)6-16(2)11(17)9-10(12(18)19)14-7-13-9/h7-8H,3-6H2,1-2H3,(H,13,14)(H,18,19). The molecule has 0 aliphatic carbocycles. The summed E-state index contributed by atoms with van der Waals surface area (Å²) < 4.78 is 0.